The van der Waals surface area contributed by atoms with Gasteiger partial charge in [0.05, 0.1) is 30.1 Å². The summed E-state index contributed by atoms with van der Waals surface area (Å²) in [4.78, 5) is 4.68. The van der Waals surface area contributed by atoms with Crippen molar-refractivity contribution in [1.82, 2.24) is 4.98 Å². The van der Waals surface area contributed by atoms with Gasteiger partial charge in [0.1, 0.15) is 11.5 Å². The number of halogens is 1. The number of fused-ring (bicyclic) bond motifs is 2. The Hall–Kier alpha value is -2.04. The van der Waals surface area contributed by atoms with Crippen molar-refractivity contribution in [3.05, 3.63) is 40.9 Å². The fourth-order valence-electron chi connectivity index (χ4n) is 2.75. The summed E-state index contributed by atoms with van der Waals surface area (Å²) >= 11 is 6.07. The summed E-state index contributed by atoms with van der Waals surface area (Å²) in [7, 11) is 1.65. The van der Waals surface area contributed by atoms with Crippen LogP contribution in [0.25, 0.3) is 21.8 Å². The SMILES string of the molecule is COc1ccc2nc3cc(Cl)ccc3c3c2c1COCO3. The largest absolute Gasteiger partial charge is 0.496 e. The Morgan fingerprint density at radius 1 is 1.19 bits per heavy atom. The summed E-state index contributed by atoms with van der Waals surface area (Å²) in [6, 6.07) is 9.43. The summed E-state index contributed by atoms with van der Waals surface area (Å²) < 4.78 is 16.8. The van der Waals surface area contributed by atoms with Crippen molar-refractivity contribution in [2.75, 3.05) is 13.9 Å². The average molecular weight is 302 g/mol. The minimum atomic E-state index is 0.203. The van der Waals surface area contributed by atoms with Crippen molar-refractivity contribution in [1.29, 1.82) is 0 Å². The number of nitrogens with zero attached hydrogens (tertiary/aromatic N) is 1. The highest BCUT2D eigenvalue weighted by Crippen LogP contribution is 2.40. The van der Waals surface area contributed by atoms with E-state index in [0.29, 0.717) is 11.6 Å². The predicted octanol–water partition coefficient (Wildman–Crippen LogP) is 3.92. The minimum Gasteiger partial charge on any atom is -0.496 e. The van der Waals surface area contributed by atoms with E-state index in [0.717, 1.165) is 38.9 Å². The third-order valence-electron chi connectivity index (χ3n) is 3.67. The molecule has 1 aliphatic heterocycles. The molecule has 0 N–H and O–H groups in total. The molecule has 106 valence electrons. The van der Waals surface area contributed by atoms with Gasteiger partial charge in [0, 0.05) is 16.0 Å². The van der Waals surface area contributed by atoms with E-state index in [2.05, 4.69) is 4.98 Å². The molecule has 1 aromatic heterocycles. The summed E-state index contributed by atoms with van der Waals surface area (Å²) in [6.07, 6.45) is 0. The lowest BCUT2D eigenvalue weighted by Gasteiger charge is -2.13. The van der Waals surface area contributed by atoms with Gasteiger partial charge in [-0.3, -0.25) is 0 Å². The number of rotatable bonds is 1. The van der Waals surface area contributed by atoms with E-state index in [1.807, 2.05) is 30.3 Å². The van der Waals surface area contributed by atoms with Gasteiger partial charge in [-0.05, 0) is 30.3 Å². The third-order valence-corrected chi connectivity index (χ3v) is 3.91. The summed E-state index contributed by atoms with van der Waals surface area (Å²) in [6.45, 7) is 0.642. The second kappa shape index (κ2) is 4.76. The number of benzene rings is 2. The first kappa shape index (κ1) is 12.7. The fraction of sp³-hybridized carbons (Fsp3) is 0.188. The second-order valence-corrected chi connectivity index (χ2v) is 5.29. The van der Waals surface area contributed by atoms with Crippen molar-refractivity contribution in [2.45, 2.75) is 6.61 Å². The van der Waals surface area contributed by atoms with Crippen LogP contribution in [0.5, 0.6) is 11.5 Å². The number of ether oxygens (including phenoxy) is 3. The molecule has 2 heterocycles. The predicted molar refractivity (Wildman–Crippen MR) is 81.1 cm³/mol. The molecule has 4 rings (SSSR count). The van der Waals surface area contributed by atoms with E-state index >= 15 is 0 Å². The monoisotopic (exact) mass is 301 g/mol. The van der Waals surface area contributed by atoms with Gasteiger partial charge < -0.3 is 14.2 Å². The number of pyridine rings is 1. The summed E-state index contributed by atoms with van der Waals surface area (Å²) in [5.74, 6) is 1.56. The van der Waals surface area contributed by atoms with E-state index < -0.39 is 0 Å². The lowest BCUT2D eigenvalue weighted by atomic mass is 10.0. The van der Waals surface area contributed by atoms with Crippen LogP contribution in [0, 0.1) is 0 Å². The Bertz CT molecular complexity index is 863. The number of hydrogen-bond donors (Lipinski definition) is 0. The molecule has 5 heteroatoms. The van der Waals surface area contributed by atoms with Crippen LogP contribution in [-0.4, -0.2) is 18.9 Å². The Kier molecular flexibility index (Phi) is 2.87. The molecule has 0 radical (unpaired) electrons. The first-order chi connectivity index (χ1) is 10.3. The molecule has 2 aromatic carbocycles. The van der Waals surface area contributed by atoms with E-state index in [1.165, 1.54) is 0 Å². The molecule has 3 aromatic rings. The second-order valence-electron chi connectivity index (χ2n) is 4.85. The van der Waals surface area contributed by atoms with Crippen LogP contribution in [0.15, 0.2) is 30.3 Å². The zero-order chi connectivity index (χ0) is 14.4. The maximum Gasteiger partial charge on any atom is 0.189 e. The van der Waals surface area contributed by atoms with Crippen LogP contribution in [0.2, 0.25) is 5.02 Å². The average Bonchev–Trinajstić information content (AvgIpc) is 2.72. The van der Waals surface area contributed by atoms with Gasteiger partial charge >= 0.3 is 0 Å². The Morgan fingerprint density at radius 3 is 2.95 bits per heavy atom. The molecule has 0 aliphatic carbocycles. The molecule has 0 saturated carbocycles. The standard InChI is InChI=1S/C16H12ClNO3/c1-19-14-5-4-12-15-11(14)7-20-8-21-16(15)10-3-2-9(17)6-13(10)18-12/h2-6H,7-8H2,1H3. The van der Waals surface area contributed by atoms with Crippen LogP contribution < -0.4 is 9.47 Å². The van der Waals surface area contributed by atoms with Gasteiger partial charge in [-0.1, -0.05) is 11.6 Å². The Labute approximate surface area is 126 Å². The van der Waals surface area contributed by atoms with Crippen molar-refractivity contribution >= 4 is 33.4 Å². The van der Waals surface area contributed by atoms with Gasteiger partial charge in [-0.25, -0.2) is 4.98 Å². The number of aromatic nitrogens is 1. The molecule has 0 spiro atoms. The molecule has 0 bridgehead atoms. The zero-order valence-electron chi connectivity index (χ0n) is 11.4. The molecular formula is C16H12ClNO3. The minimum absolute atomic E-state index is 0.203. The van der Waals surface area contributed by atoms with Gasteiger partial charge in [0.25, 0.3) is 0 Å². The van der Waals surface area contributed by atoms with Gasteiger partial charge in [0.2, 0.25) is 0 Å². The third kappa shape index (κ3) is 1.91. The highest BCUT2D eigenvalue weighted by Gasteiger charge is 2.20. The molecule has 0 saturated heterocycles. The lowest BCUT2D eigenvalue weighted by molar-refractivity contribution is 0.0110. The highest BCUT2D eigenvalue weighted by atomic mass is 35.5. The smallest absolute Gasteiger partial charge is 0.189 e. The molecule has 1 aliphatic rings. The van der Waals surface area contributed by atoms with Gasteiger partial charge in [-0.2, -0.15) is 0 Å². The number of hydrogen-bond acceptors (Lipinski definition) is 4. The molecule has 0 atom stereocenters. The van der Waals surface area contributed by atoms with Crippen LogP contribution in [0.1, 0.15) is 5.56 Å². The van der Waals surface area contributed by atoms with Crippen molar-refractivity contribution in [3.63, 3.8) is 0 Å². The molecule has 21 heavy (non-hydrogen) atoms. The van der Waals surface area contributed by atoms with E-state index in [9.17, 15) is 0 Å². The lowest BCUT2D eigenvalue weighted by Crippen LogP contribution is -1.99. The Morgan fingerprint density at radius 2 is 2.10 bits per heavy atom. The quantitative estimate of drug-likeness (QED) is 0.639. The highest BCUT2D eigenvalue weighted by molar-refractivity contribution is 6.31. The van der Waals surface area contributed by atoms with Crippen molar-refractivity contribution in [2.24, 2.45) is 0 Å². The van der Waals surface area contributed by atoms with Crippen LogP contribution in [0.4, 0.5) is 0 Å². The van der Waals surface area contributed by atoms with Crippen LogP contribution >= 0.6 is 11.6 Å². The van der Waals surface area contributed by atoms with Crippen molar-refractivity contribution in [3.8, 4) is 11.5 Å². The maximum absolute atomic E-state index is 6.07. The molecule has 4 nitrogen and oxygen atoms in total. The zero-order valence-corrected chi connectivity index (χ0v) is 12.1. The maximum atomic E-state index is 6.07. The first-order valence-corrected chi connectivity index (χ1v) is 6.95. The fourth-order valence-corrected chi connectivity index (χ4v) is 2.91. The Balaban J connectivity index is 2.19. The van der Waals surface area contributed by atoms with Gasteiger partial charge in [-0.15, -0.1) is 0 Å². The normalized spacial score (nSPS) is 14.0. The molecule has 0 fully saturated rings. The van der Waals surface area contributed by atoms with E-state index in [4.69, 9.17) is 25.8 Å². The van der Waals surface area contributed by atoms with E-state index in [1.54, 1.807) is 7.11 Å². The summed E-state index contributed by atoms with van der Waals surface area (Å²) in [5, 5.41) is 2.52. The van der Waals surface area contributed by atoms with Crippen LogP contribution in [0.3, 0.4) is 0 Å². The molecular weight excluding hydrogens is 290 g/mol. The molecule has 0 amide bonds. The summed E-state index contributed by atoms with van der Waals surface area (Å²) in [5.41, 5.74) is 2.62. The van der Waals surface area contributed by atoms with E-state index in [-0.39, 0.29) is 6.79 Å². The molecule has 0 unspecified atom stereocenters. The number of methoxy groups -OCH3 is 1. The van der Waals surface area contributed by atoms with Crippen molar-refractivity contribution < 1.29 is 14.2 Å². The topological polar surface area (TPSA) is 40.6 Å². The van der Waals surface area contributed by atoms with Crippen LogP contribution in [-0.2, 0) is 11.3 Å². The van der Waals surface area contributed by atoms with Gasteiger partial charge in [0.15, 0.2) is 6.79 Å². The first-order valence-electron chi connectivity index (χ1n) is 6.57.